The maximum atomic E-state index is 6.02. The Hall–Kier alpha value is -1.02. The van der Waals surface area contributed by atoms with Crippen LogP contribution in [0, 0.1) is 0 Å². The third kappa shape index (κ3) is 4.69. The molecule has 1 aromatic rings. The highest BCUT2D eigenvalue weighted by molar-refractivity contribution is 5.37. The molecule has 0 spiro atoms. The first-order chi connectivity index (χ1) is 8.71. The van der Waals surface area contributed by atoms with Crippen LogP contribution in [0.15, 0.2) is 18.2 Å². The van der Waals surface area contributed by atoms with E-state index in [9.17, 15) is 0 Å². The number of aryl methyl sites for hydroxylation is 1. The van der Waals surface area contributed by atoms with Crippen LogP contribution in [0.4, 0.5) is 0 Å². The van der Waals surface area contributed by atoms with Gasteiger partial charge in [-0.2, -0.15) is 0 Å². The van der Waals surface area contributed by atoms with Crippen LogP contribution in [-0.2, 0) is 12.8 Å². The fraction of sp³-hybridized carbons (Fsp3) is 0.625. The largest absolute Gasteiger partial charge is 0.493 e. The van der Waals surface area contributed by atoms with Crippen molar-refractivity contribution in [2.24, 2.45) is 5.73 Å². The second kappa shape index (κ2) is 8.15. The molecule has 2 nitrogen and oxygen atoms in total. The number of nitrogens with two attached hydrogens (primary N) is 1. The van der Waals surface area contributed by atoms with Crippen molar-refractivity contribution in [1.82, 2.24) is 0 Å². The van der Waals surface area contributed by atoms with Crippen LogP contribution in [-0.4, -0.2) is 12.6 Å². The van der Waals surface area contributed by atoms with E-state index in [2.05, 4.69) is 39.0 Å². The zero-order valence-electron chi connectivity index (χ0n) is 12.0. The molecule has 18 heavy (non-hydrogen) atoms. The van der Waals surface area contributed by atoms with Crippen LogP contribution in [0.1, 0.15) is 51.2 Å². The molecule has 1 unspecified atom stereocenters. The number of ether oxygens (including phenoxy) is 1. The lowest BCUT2D eigenvalue weighted by molar-refractivity contribution is 0.314. The van der Waals surface area contributed by atoms with Gasteiger partial charge in [-0.1, -0.05) is 39.3 Å². The minimum Gasteiger partial charge on any atom is -0.493 e. The fourth-order valence-electron chi connectivity index (χ4n) is 2.02. The van der Waals surface area contributed by atoms with Crippen molar-refractivity contribution >= 4 is 0 Å². The minimum atomic E-state index is 0.266. The number of benzene rings is 1. The van der Waals surface area contributed by atoms with Gasteiger partial charge in [-0.15, -0.1) is 0 Å². The first-order valence-electron chi connectivity index (χ1n) is 7.21. The van der Waals surface area contributed by atoms with Crippen LogP contribution in [0.5, 0.6) is 5.75 Å². The maximum Gasteiger partial charge on any atom is 0.122 e. The first-order valence-corrected chi connectivity index (χ1v) is 7.21. The zero-order chi connectivity index (χ0) is 13.4. The Labute approximate surface area is 112 Å². The van der Waals surface area contributed by atoms with E-state index < -0.39 is 0 Å². The summed E-state index contributed by atoms with van der Waals surface area (Å²) in [6.07, 6.45) is 5.26. The van der Waals surface area contributed by atoms with Gasteiger partial charge in [0.15, 0.2) is 0 Å². The Balaban J connectivity index is 2.81. The molecule has 0 aliphatic rings. The Morgan fingerprint density at radius 2 is 1.94 bits per heavy atom. The van der Waals surface area contributed by atoms with Gasteiger partial charge in [0.25, 0.3) is 0 Å². The average Bonchev–Trinajstić information content (AvgIpc) is 2.38. The molecule has 0 aliphatic carbocycles. The lowest BCUT2D eigenvalue weighted by atomic mass is 10.00. The van der Waals surface area contributed by atoms with Crippen molar-refractivity contribution in [3.63, 3.8) is 0 Å². The quantitative estimate of drug-likeness (QED) is 0.762. The summed E-state index contributed by atoms with van der Waals surface area (Å²) in [7, 11) is 0. The summed E-state index contributed by atoms with van der Waals surface area (Å²) < 4.78 is 5.79. The minimum absolute atomic E-state index is 0.266. The summed E-state index contributed by atoms with van der Waals surface area (Å²) in [6.45, 7) is 7.27. The van der Waals surface area contributed by atoms with E-state index in [-0.39, 0.29) is 6.04 Å². The molecule has 0 bridgehead atoms. The highest BCUT2D eigenvalue weighted by Crippen LogP contribution is 2.23. The van der Waals surface area contributed by atoms with E-state index in [4.69, 9.17) is 10.5 Å². The smallest absolute Gasteiger partial charge is 0.122 e. The molecule has 2 N–H and O–H groups in total. The molecule has 0 radical (unpaired) electrons. The normalized spacial score (nSPS) is 12.4. The Kier molecular flexibility index (Phi) is 6.81. The van der Waals surface area contributed by atoms with E-state index in [1.165, 1.54) is 11.1 Å². The molecule has 0 heterocycles. The Bertz CT molecular complexity index is 349. The highest BCUT2D eigenvalue weighted by Gasteiger charge is 2.07. The van der Waals surface area contributed by atoms with E-state index in [1.807, 2.05) is 0 Å². The van der Waals surface area contributed by atoms with E-state index >= 15 is 0 Å². The van der Waals surface area contributed by atoms with Gasteiger partial charge in [0.1, 0.15) is 5.75 Å². The third-order valence-electron chi connectivity index (χ3n) is 3.13. The standard InChI is InChI=1S/C16H27NO/c1-4-7-14-11-13(12-15(17)6-3)8-9-16(14)18-10-5-2/h8-9,11,15H,4-7,10,12,17H2,1-3H3. The summed E-state index contributed by atoms with van der Waals surface area (Å²) in [6, 6.07) is 6.80. The van der Waals surface area contributed by atoms with Crippen LogP contribution < -0.4 is 10.5 Å². The number of hydrogen-bond donors (Lipinski definition) is 1. The lowest BCUT2D eigenvalue weighted by Gasteiger charge is -2.14. The highest BCUT2D eigenvalue weighted by atomic mass is 16.5. The van der Waals surface area contributed by atoms with Gasteiger partial charge in [0.05, 0.1) is 6.61 Å². The molecule has 0 saturated heterocycles. The van der Waals surface area contributed by atoms with Crippen molar-refractivity contribution in [3.05, 3.63) is 29.3 Å². The van der Waals surface area contributed by atoms with Gasteiger partial charge in [0, 0.05) is 6.04 Å². The average molecular weight is 249 g/mol. The topological polar surface area (TPSA) is 35.2 Å². The molecular formula is C16H27NO. The van der Waals surface area contributed by atoms with E-state index in [1.54, 1.807) is 0 Å². The first kappa shape index (κ1) is 15.0. The molecule has 2 heteroatoms. The third-order valence-corrected chi connectivity index (χ3v) is 3.13. The van der Waals surface area contributed by atoms with Crippen LogP contribution >= 0.6 is 0 Å². The summed E-state index contributed by atoms with van der Waals surface area (Å²) in [5.41, 5.74) is 8.67. The molecule has 1 rings (SSSR count). The summed E-state index contributed by atoms with van der Waals surface area (Å²) >= 11 is 0. The Morgan fingerprint density at radius 3 is 2.56 bits per heavy atom. The molecule has 1 aromatic carbocycles. The molecule has 0 aliphatic heterocycles. The number of hydrogen-bond acceptors (Lipinski definition) is 2. The van der Waals surface area contributed by atoms with Crippen LogP contribution in [0.3, 0.4) is 0 Å². The second-order valence-electron chi connectivity index (χ2n) is 4.91. The Morgan fingerprint density at radius 1 is 1.17 bits per heavy atom. The van der Waals surface area contributed by atoms with E-state index in [0.717, 1.165) is 44.5 Å². The van der Waals surface area contributed by atoms with Gasteiger partial charge in [0.2, 0.25) is 0 Å². The van der Waals surface area contributed by atoms with Gasteiger partial charge in [-0.05, 0) is 42.9 Å². The van der Waals surface area contributed by atoms with Crippen LogP contribution in [0.25, 0.3) is 0 Å². The van der Waals surface area contributed by atoms with Crippen molar-refractivity contribution in [3.8, 4) is 5.75 Å². The van der Waals surface area contributed by atoms with Crippen molar-refractivity contribution in [1.29, 1.82) is 0 Å². The lowest BCUT2D eigenvalue weighted by Crippen LogP contribution is -2.21. The SMILES string of the molecule is CCCOc1ccc(CC(N)CC)cc1CCC. The maximum absolute atomic E-state index is 6.02. The molecule has 0 amide bonds. The molecule has 0 fully saturated rings. The van der Waals surface area contributed by atoms with Crippen molar-refractivity contribution in [2.45, 2.75) is 58.9 Å². The number of rotatable bonds is 8. The van der Waals surface area contributed by atoms with Gasteiger partial charge in [-0.25, -0.2) is 0 Å². The van der Waals surface area contributed by atoms with Crippen molar-refractivity contribution in [2.75, 3.05) is 6.61 Å². The summed E-state index contributed by atoms with van der Waals surface area (Å²) in [4.78, 5) is 0. The second-order valence-corrected chi connectivity index (χ2v) is 4.91. The van der Waals surface area contributed by atoms with E-state index in [0.29, 0.717) is 0 Å². The summed E-state index contributed by atoms with van der Waals surface area (Å²) in [5.74, 6) is 1.05. The predicted octanol–water partition coefficient (Wildman–Crippen LogP) is 3.71. The molecular weight excluding hydrogens is 222 g/mol. The van der Waals surface area contributed by atoms with Crippen LogP contribution in [0.2, 0.25) is 0 Å². The van der Waals surface area contributed by atoms with Gasteiger partial charge < -0.3 is 10.5 Å². The van der Waals surface area contributed by atoms with Crippen molar-refractivity contribution < 1.29 is 4.74 Å². The fourth-order valence-corrected chi connectivity index (χ4v) is 2.02. The molecule has 0 aromatic heterocycles. The van der Waals surface area contributed by atoms with Gasteiger partial charge >= 0.3 is 0 Å². The monoisotopic (exact) mass is 249 g/mol. The zero-order valence-corrected chi connectivity index (χ0v) is 12.0. The summed E-state index contributed by atoms with van der Waals surface area (Å²) in [5, 5.41) is 0. The van der Waals surface area contributed by atoms with Gasteiger partial charge in [-0.3, -0.25) is 0 Å². The molecule has 0 saturated carbocycles. The predicted molar refractivity (Wildman–Crippen MR) is 78.2 cm³/mol. The molecule has 1 atom stereocenters. The molecule has 102 valence electrons.